The van der Waals surface area contributed by atoms with Crippen molar-refractivity contribution in [3.05, 3.63) is 55.9 Å². The van der Waals surface area contributed by atoms with E-state index in [-0.39, 0.29) is 10.1 Å². The number of nitro benzene ring substituents is 2. The Morgan fingerprint density at radius 1 is 1.26 bits per heavy atom. The lowest BCUT2D eigenvalue weighted by atomic mass is 10.1. The van der Waals surface area contributed by atoms with Crippen LogP contribution in [0.4, 0.5) is 11.4 Å². The van der Waals surface area contributed by atoms with Crippen molar-refractivity contribution >= 4 is 29.1 Å². The van der Waals surface area contributed by atoms with Gasteiger partial charge in [0, 0.05) is 18.0 Å². The Morgan fingerprint density at radius 2 is 1.96 bits per heavy atom. The maximum atomic E-state index is 11.3. The molecule has 1 aromatic heterocycles. The summed E-state index contributed by atoms with van der Waals surface area (Å²) in [5.74, 6) is -1.52. The van der Waals surface area contributed by atoms with E-state index >= 15 is 0 Å². The van der Waals surface area contributed by atoms with E-state index in [1.807, 2.05) is 0 Å². The molecule has 0 radical (unpaired) electrons. The van der Waals surface area contributed by atoms with Crippen LogP contribution >= 0.6 is 11.8 Å². The number of carboxylic acids is 1. The number of carbonyl (C=O) groups is 1. The summed E-state index contributed by atoms with van der Waals surface area (Å²) in [6.07, 6.45) is 1.42. The van der Waals surface area contributed by atoms with Gasteiger partial charge in [-0.15, -0.1) is 0 Å². The number of non-ortho nitro benzene ring substituents is 1. The van der Waals surface area contributed by atoms with Crippen molar-refractivity contribution in [3.8, 4) is 0 Å². The van der Waals surface area contributed by atoms with E-state index in [2.05, 4.69) is 9.97 Å². The third kappa shape index (κ3) is 3.58. The fourth-order valence-electron chi connectivity index (χ4n) is 1.67. The van der Waals surface area contributed by atoms with Gasteiger partial charge in [0.05, 0.1) is 21.5 Å². The highest BCUT2D eigenvalue weighted by Crippen LogP contribution is 2.38. The van der Waals surface area contributed by atoms with Gasteiger partial charge in [0.2, 0.25) is 0 Å². The van der Waals surface area contributed by atoms with Crippen LogP contribution in [0.2, 0.25) is 0 Å². The van der Waals surface area contributed by atoms with E-state index in [0.29, 0.717) is 23.5 Å². The number of aromatic nitrogens is 2. The molecule has 0 amide bonds. The van der Waals surface area contributed by atoms with Crippen LogP contribution in [-0.2, 0) is 0 Å². The largest absolute Gasteiger partial charge is 0.478 e. The van der Waals surface area contributed by atoms with Gasteiger partial charge < -0.3 is 5.11 Å². The van der Waals surface area contributed by atoms with Crippen LogP contribution in [-0.4, -0.2) is 30.9 Å². The predicted octanol–water partition coefficient (Wildman–Crippen LogP) is 2.45. The molecular weight excluding hydrogens is 328 g/mol. The van der Waals surface area contributed by atoms with Crippen LogP contribution in [0, 0.1) is 27.2 Å². The summed E-state index contributed by atoms with van der Waals surface area (Å²) in [5, 5.41) is 31.3. The summed E-state index contributed by atoms with van der Waals surface area (Å²) in [7, 11) is 0. The first-order chi connectivity index (χ1) is 10.8. The van der Waals surface area contributed by atoms with Crippen LogP contribution in [0.3, 0.4) is 0 Å². The minimum absolute atomic E-state index is 0.101. The number of carboxylic acid groups (broad SMARTS) is 1. The number of nitro groups is 2. The Kier molecular flexibility index (Phi) is 4.50. The highest BCUT2D eigenvalue weighted by Gasteiger charge is 2.28. The maximum Gasteiger partial charge on any atom is 0.337 e. The summed E-state index contributed by atoms with van der Waals surface area (Å²) in [6.45, 7) is 1.67. The first-order valence-corrected chi connectivity index (χ1v) is 6.79. The van der Waals surface area contributed by atoms with Gasteiger partial charge in [-0.05, 0) is 24.8 Å². The fraction of sp³-hybridized carbons (Fsp3) is 0.0833. The smallest absolute Gasteiger partial charge is 0.337 e. The average molecular weight is 336 g/mol. The van der Waals surface area contributed by atoms with E-state index in [9.17, 15) is 30.1 Å². The zero-order valence-corrected chi connectivity index (χ0v) is 12.3. The minimum atomic E-state index is -1.52. The van der Waals surface area contributed by atoms with Crippen LogP contribution in [0.1, 0.15) is 16.1 Å². The Bertz CT molecular complexity index is 790. The molecule has 1 N–H and O–H groups in total. The molecule has 1 heterocycles. The summed E-state index contributed by atoms with van der Waals surface area (Å²) < 4.78 is 0. The van der Waals surface area contributed by atoms with Crippen LogP contribution in [0.5, 0.6) is 0 Å². The van der Waals surface area contributed by atoms with E-state index in [0.717, 1.165) is 6.07 Å². The second kappa shape index (κ2) is 6.36. The molecule has 0 fully saturated rings. The quantitative estimate of drug-likeness (QED) is 0.493. The fourth-order valence-corrected chi connectivity index (χ4v) is 2.65. The lowest BCUT2D eigenvalue weighted by Crippen LogP contribution is -2.05. The number of hydrogen-bond donors (Lipinski definition) is 1. The molecule has 118 valence electrons. The third-order valence-corrected chi connectivity index (χ3v) is 3.67. The van der Waals surface area contributed by atoms with E-state index in [4.69, 9.17) is 0 Å². The molecule has 2 aromatic rings. The maximum absolute atomic E-state index is 11.3. The van der Waals surface area contributed by atoms with Gasteiger partial charge in [0.25, 0.3) is 11.4 Å². The molecule has 0 saturated heterocycles. The zero-order chi connectivity index (χ0) is 17.1. The van der Waals surface area contributed by atoms with Crippen molar-refractivity contribution < 1.29 is 19.7 Å². The normalized spacial score (nSPS) is 10.3. The van der Waals surface area contributed by atoms with E-state index in [1.165, 1.54) is 6.20 Å². The summed E-state index contributed by atoms with van der Waals surface area (Å²) in [5.41, 5.74) is -1.33. The van der Waals surface area contributed by atoms with Gasteiger partial charge in [-0.1, -0.05) is 0 Å². The summed E-state index contributed by atoms with van der Waals surface area (Å²) in [4.78, 5) is 39.2. The molecule has 10 nitrogen and oxygen atoms in total. The first-order valence-electron chi connectivity index (χ1n) is 5.97. The van der Waals surface area contributed by atoms with E-state index < -0.39 is 32.8 Å². The number of benzene rings is 1. The van der Waals surface area contributed by atoms with Crippen molar-refractivity contribution in [1.29, 1.82) is 0 Å². The highest BCUT2D eigenvalue weighted by molar-refractivity contribution is 7.99. The highest BCUT2D eigenvalue weighted by atomic mass is 32.2. The van der Waals surface area contributed by atoms with Gasteiger partial charge in [-0.25, -0.2) is 14.8 Å². The molecule has 1 aromatic carbocycles. The number of aromatic carboxylic acids is 1. The van der Waals surface area contributed by atoms with Crippen LogP contribution in [0.25, 0.3) is 0 Å². The SMILES string of the molecule is Cc1ccnc(Sc2c(C(=O)O)cc([N+](=O)[O-])cc2[N+](=O)[O-])n1. The Morgan fingerprint density at radius 3 is 2.48 bits per heavy atom. The van der Waals surface area contributed by atoms with Gasteiger partial charge in [-0.3, -0.25) is 20.2 Å². The lowest BCUT2D eigenvalue weighted by Gasteiger charge is -2.06. The lowest BCUT2D eigenvalue weighted by molar-refractivity contribution is -0.396. The Hall–Kier alpha value is -3.08. The summed E-state index contributed by atoms with van der Waals surface area (Å²) in [6, 6.07) is 3.09. The molecule has 2 rings (SSSR count). The summed E-state index contributed by atoms with van der Waals surface area (Å²) >= 11 is 0.665. The predicted molar refractivity (Wildman–Crippen MR) is 77.6 cm³/mol. The van der Waals surface area contributed by atoms with E-state index in [1.54, 1.807) is 13.0 Å². The van der Waals surface area contributed by atoms with Gasteiger partial charge in [-0.2, -0.15) is 0 Å². The van der Waals surface area contributed by atoms with Gasteiger partial charge >= 0.3 is 5.97 Å². The third-order valence-electron chi connectivity index (χ3n) is 2.66. The molecule has 0 aliphatic rings. The molecule has 0 aliphatic carbocycles. The van der Waals surface area contributed by atoms with Gasteiger partial charge in [0.15, 0.2) is 5.16 Å². The molecular formula is C12H8N4O6S. The number of nitrogens with zero attached hydrogens (tertiary/aromatic N) is 4. The molecule has 0 bridgehead atoms. The molecule has 0 unspecified atom stereocenters. The van der Waals surface area contributed by atoms with Crippen molar-refractivity contribution in [2.45, 2.75) is 17.0 Å². The van der Waals surface area contributed by atoms with Crippen LogP contribution in [0.15, 0.2) is 34.4 Å². The second-order valence-corrected chi connectivity index (χ2v) is 5.22. The standard InChI is InChI=1S/C12H8N4O6S/c1-6-2-3-13-12(14-6)23-10-8(11(17)18)4-7(15(19)20)5-9(10)16(21)22/h2-5H,1H3,(H,17,18). The average Bonchev–Trinajstić information content (AvgIpc) is 2.46. The monoisotopic (exact) mass is 336 g/mol. The number of hydrogen-bond acceptors (Lipinski definition) is 8. The van der Waals surface area contributed by atoms with Crippen molar-refractivity contribution in [1.82, 2.24) is 9.97 Å². The molecule has 11 heteroatoms. The number of aryl methyl sites for hydroxylation is 1. The topological polar surface area (TPSA) is 149 Å². The van der Waals surface area contributed by atoms with Crippen molar-refractivity contribution in [2.24, 2.45) is 0 Å². The second-order valence-electron chi connectivity index (χ2n) is 4.24. The Balaban J connectivity index is 2.66. The number of rotatable bonds is 5. The first kappa shape index (κ1) is 16.3. The van der Waals surface area contributed by atoms with Crippen LogP contribution < -0.4 is 0 Å². The molecule has 0 spiro atoms. The molecule has 0 aliphatic heterocycles. The Labute approximate surface area is 132 Å². The minimum Gasteiger partial charge on any atom is -0.478 e. The van der Waals surface area contributed by atoms with Crippen molar-refractivity contribution in [3.63, 3.8) is 0 Å². The molecule has 23 heavy (non-hydrogen) atoms. The molecule has 0 saturated carbocycles. The molecule has 0 atom stereocenters. The van der Waals surface area contributed by atoms with Gasteiger partial charge in [0.1, 0.15) is 4.90 Å². The van der Waals surface area contributed by atoms with Crippen molar-refractivity contribution in [2.75, 3.05) is 0 Å². The zero-order valence-electron chi connectivity index (χ0n) is 11.5.